The molecule has 0 spiro atoms. The number of hydrogen-bond donors (Lipinski definition) is 0. The lowest BCUT2D eigenvalue weighted by Crippen LogP contribution is -2.32. The lowest BCUT2D eigenvalue weighted by atomic mass is 10.2. The zero-order valence-electron chi connectivity index (χ0n) is 9.41. The minimum Gasteiger partial charge on any atom is -0.325 e. The maximum absolute atomic E-state index is 12.2. The minimum atomic E-state index is -0.0983. The Morgan fingerprint density at radius 2 is 2.29 bits per heavy atom. The summed E-state index contributed by atoms with van der Waals surface area (Å²) in [7, 11) is 0. The molecule has 0 aliphatic heterocycles. The van der Waals surface area contributed by atoms with E-state index in [1.165, 1.54) is 0 Å². The van der Waals surface area contributed by atoms with Gasteiger partial charge in [-0.3, -0.25) is 4.79 Å². The summed E-state index contributed by atoms with van der Waals surface area (Å²) in [6, 6.07) is 7.63. The normalized spacial score (nSPS) is 9.76. The lowest BCUT2D eigenvalue weighted by Gasteiger charge is -2.19. The van der Waals surface area contributed by atoms with Gasteiger partial charge in [-0.25, -0.2) is 0 Å². The molecule has 0 atom stereocenters. The van der Waals surface area contributed by atoms with Crippen molar-refractivity contribution in [1.29, 1.82) is 5.26 Å². The lowest BCUT2D eigenvalue weighted by molar-refractivity contribution is 0.0775. The van der Waals surface area contributed by atoms with Crippen molar-refractivity contribution in [2.75, 3.05) is 13.1 Å². The molecule has 0 saturated heterocycles. The smallest absolute Gasteiger partial charge is 0.255 e. The fourth-order valence-electron chi connectivity index (χ4n) is 1.44. The number of amides is 1. The SMILES string of the molecule is CCCN(CC#N)C(=O)c1cc(I)ccc1Br. The molecule has 1 aromatic carbocycles. The molecule has 0 N–H and O–H groups in total. The number of hydrogen-bond acceptors (Lipinski definition) is 2. The molecule has 0 aliphatic carbocycles. The summed E-state index contributed by atoms with van der Waals surface area (Å²) in [6.45, 7) is 2.72. The van der Waals surface area contributed by atoms with E-state index in [0.717, 1.165) is 14.5 Å². The van der Waals surface area contributed by atoms with Crippen molar-refractivity contribution in [3.8, 4) is 6.07 Å². The van der Waals surface area contributed by atoms with Crippen molar-refractivity contribution in [2.24, 2.45) is 0 Å². The van der Waals surface area contributed by atoms with Gasteiger partial charge in [-0.2, -0.15) is 5.26 Å². The third kappa shape index (κ3) is 3.96. The third-order valence-electron chi connectivity index (χ3n) is 2.20. The number of rotatable bonds is 4. The average Bonchev–Trinajstić information content (AvgIpc) is 2.31. The molecule has 0 heterocycles. The van der Waals surface area contributed by atoms with E-state index in [2.05, 4.69) is 38.5 Å². The second kappa shape index (κ2) is 6.97. The molecular weight excluding hydrogens is 395 g/mol. The van der Waals surface area contributed by atoms with Crippen LogP contribution in [0.5, 0.6) is 0 Å². The Bertz CT molecular complexity index is 456. The van der Waals surface area contributed by atoms with E-state index < -0.39 is 0 Å². The zero-order chi connectivity index (χ0) is 12.8. The van der Waals surface area contributed by atoms with Crippen LogP contribution in [-0.4, -0.2) is 23.9 Å². The summed E-state index contributed by atoms with van der Waals surface area (Å²) in [6.07, 6.45) is 0.842. The summed E-state index contributed by atoms with van der Waals surface area (Å²) in [5.74, 6) is -0.0983. The predicted octanol–water partition coefficient (Wildman–Crippen LogP) is 3.43. The Morgan fingerprint density at radius 3 is 2.88 bits per heavy atom. The fraction of sp³-hybridized carbons (Fsp3) is 0.333. The maximum Gasteiger partial charge on any atom is 0.255 e. The van der Waals surface area contributed by atoms with Crippen LogP contribution >= 0.6 is 38.5 Å². The molecule has 0 aromatic heterocycles. The fourth-order valence-corrected chi connectivity index (χ4v) is 2.35. The van der Waals surface area contributed by atoms with Gasteiger partial charge in [0.2, 0.25) is 0 Å². The molecule has 0 unspecified atom stereocenters. The van der Waals surface area contributed by atoms with Crippen LogP contribution in [0.25, 0.3) is 0 Å². The van der Waals surface area contributed by atoms with Gasteiger partial charge in [0.25, 0.3) is 5.91 Å². The average molecular weight is 407 g/mol. The van der Waals surface area contributed by atoms with Crippen molar-refractivity contribution in [2.45, 2.75) is 13.3 Å². The number of benzene rings is 1. The van der Waals surface area contributed by atoms with Crippen LogP contribution in [0.3, 0.4) is 0 Å². The highest BCUT2D eigenvalue weighted by Crippen LogP contribution is 2.21. The van der Waals surface area contributed by atoms with Gasteiger partial charge in [-0.15, -0.1) is 0 Å². The number of nitriles is 1. The van der Waals surface area contributed by atoms with Crippen LogP contribution in [-0.2, 0) is 0 Å². The molecule has 0 radical (unpaired) electrons. The third-order valence-corrected chi connectivity index (χ3v) is 3.56. The van der Waals surface area contributed by atoms with Crippen molar-refractivity contribution in [3.05, 3.63) is 31.8 Å². The number of carbonyl (C=O) groups is 1. The van der Waals surface area contributed by atoms with E-state index in [0.29, 0.717) is 12.1 Å². The summed E-state index contributed by atoms with van der Waals surface area (Å²) in [4.78, 5) is 13.8. The number of carbonyl (C=O) groups excluding carboxylic acids is 1. The minimum absolute atomic E-state index is 0.0983. The molecule has 90 valence electrons. The molecule has 1 rings (SSSR count). The van der Waals surface area contributed by atoms with Gasteiger partial charge < -0.3 is 4.90 Å². The summed E-state index contributed by atoms with van der Waals surface area (Å²) in [5.41, 5.74) is 0.612. The van der Waals surface area contributed by atoms with E-state index in [1.807, 2.05) is 31.2 Å². The Labute approximate surface area is 123 Å². The first-order valence-electron chi connectivity index (χ1n) is 5.21. The van der Waals surface area contributed by atoms with Crippen LogP contribution in [0.15, 0.2) is 22.7 Å². The second-order valence-electron chi connectivity index (χ2n) is 3.51. The highest BCUT2D eigenvalue weighted by Gasteiger charge is 2.17. The first kappa shape index (κ1) is 14.5. The topological polar surface area (TPSA) is 44.1 Å². The van der Waals surface area contributed by atoms with Crippen LogP contribution in [0.4, 0.5) is 0 Å². The van der Waals surface area contributed by atoms with E-state index in [4.69, 9.17) is 5.26 Å². The molecule has 17 heavy (non-hydrogen) atoms. The zero-order valence-corrected chi connectivity index (χ0v) is 13.2. The van der Waals surface area contributed by atoms with Crippen LogP contribution in [0, 0.1) is 14.9 Å². The van der Waals surface area contributed by atoms with E-state index in [-0.39, 0.29) is 12.5 Å². The van der Waals surface area contributed by atoms with E-state index >= 15 is 0 Å². The molecule has 0 fully saturated rings. The van der Waals surface area contributed by atoms with Gasteiger partial charge in [0.15, 0.2) is 0 Å². The standard InChI is InChI=1S/C12H12BrIN2O/c1-2-6-16(7-5-15)12(17)10-8-9(14)3-4-11(10)13/h3-4,8H,2,6-7H2,1H3. The van der Waals surface area contributed by atoms with Gasteiger partial charge in [-0.05, 0) is 63.1 Å². The van der Waals surface area contributed by atoms with Crippen LogP contribution < -0.4 is 0 Å². The van der Waals surface area contributed by atoms with Crippen molar-refractivity contribution >= 4 is 44.4 Å². The molecule has 0 bridgehead atoms. The van der Waals surface area contributed by atoms with Crippen molar-refractivity contribution < 1.29 is 4.79 Å². The molecule has 5 heteroatoms. The van der Waals surface area contributed by atoms with Gasteiger partial charge >= 0.3 is 0 Å². The van der Waals surface area contributed by atoms with Gasteiger partial charge in [0.05, 0.1) is 11.6 Å². The Hall–Kier alpha value is -0.610. The molecule has 3 nitrogen and oxygen atoms in total. The van der Waals surface area contributed by atoms with Crippen LogP contribution in [0.2, 0.25) is 0 Å². The quantitative estimate of drug-likeness (QED) is 0.568. The Balaban J connectivity index is 3.00. The van der Waals surface area contributed by atoms with Crippen molar-refractivity contribution in [3.63, 3.8) is 0 Å². The van der Waals surface area contributed by atoms with Crippen LogP contribution in [0.1, 0.15) is 23.7 Å². The Morgan fingerprint density at radius 1 is 1.59 bits per heavy atom. The van der Waals surface area contributed by atoms with E-state index in [1.54, 1.807) is 4.90 Å². The molecule has 0 saturated carbocycles. The number of halogens is 2. The first-order valence-corrected chi connectivity index (χ1v) is 7.08. The summed E-state index contributed by atoms with van der Waals surface area (Å²) >= 11 is 5.53. The molecular formula is C12H12BrIN2O. The Kier molecular flexibility index (Phi) is 5.92. The van der Waals surface area contributed by atoms with E-state index in [9.17, 15) is 4.79 Å². The molecule has 1 amide bonds. The molecule has 1 aromatic rings. The number of nitrogens with zero attached hydrogens (tertiary/aromatic N) is 2. The van der Waals surface area contributed by atoms with Gasteiger partial charge in [0.1, 0.15) is 6.54 Å². The largest absolute Gasteiger partial charge is 0.325 e. The highest BCUT2D eigenvalue weighted by atomic mass is 127. The van der Waals surface area contributed by atoms with Gasteiger partial charge in [-0.1, -0.05) is 6.92 Å². The summed E-state index contributed by atoms with van der Waals surface area (Å²) in [5, 5.41) is 8.73. The molecule has 0 aliphatic rings. The monoisotopic (exact) mass is 406 g/mol. The first-order chi connectivity index (χ1) is 8.10. The van der Waals surface area contributed by atoms with Crippen molar-refractivity contribution in [1.82, 2.24) is 4.90 Å². The van der Waals surface area contributed by atoms with Gasteiger partial charge in [0, 0.05) is 14.6 Å². The summed E-state index contributed by atoms with van der Waals surface area (Å²) < 4.78 is 1.77. The second-order valence-corrected chi connectivity index (χ2v) is 5.61. The predicted molar refractivity (Wildman–Crippen MR) is 78.7 cm³/mol. The highest BCUT2D eigenvalue weighted by molar-refractivity contribution is 14.1. The maximum atomic E-state index is 12.2.